The molecule has 0 radical (unpaired) electrons. The Bertz CT molecular complexity index is 791. The molecule has 0 heterocycles. The van der Waals surface area contributed by atoms with Crippen LogP contribution in [0.2, 0.25) is 0 Å². The number of hydrogen-bond acceptors (Lipinski definition) is 6. The second-order valence-corrected chi connectivity index (χ2v) is 6.18. The molecule has 1 N–H and O–H groups in total. The number of esters is 1. The maximum atomic E-state index is 12.2. The van der Waals surface area contributed by atoms with E-state index in [1.807, 2.05) is 32.0 Å². The smallest absolute Gasteiger partial charge is 0.325 e. The van der Waals surface area contributed by atoms with Gasteiger partial charge >= 0.3 is 5.97 Å². The number of carbonyl (C=O) groups excluding carboxylic acids is 2. The SMILES string of the molecule is COc1cc(OC)cc(C(=O)NCC(=O)OCCOc2cc(C)cc(C)c2)c1. The number of rotatable bonds is 9. The zero-order valence-corrected chi connectivity index (χ0v) is 16.5. The van der Waals surface area contributed by atoms with Crippen molar-refractivity contribution in [3.05, 3.63) is 53.1 Å². The summed E-state index contributed by atoms with van der Waals surface area (Å²) in [5.41, 5.74) is 2.52. The van der Waals surface area contributed by atoms with E-state index in [1.54, 1.807) is 18.2 Å². The Kier molecular flexibility index (Phi) is 7.68. The number of nitrogens with one attached hydrogen (secondary N) is 1. The maximum absolute atomic E-state index is 12.2. The molecule has 7 heteroatoms. The number of carbonyl (C=O) groups is 2. The molecule has 0 bridgehead atoms. The molecular weight excluding hydrogens is 362 g/mol. The molecule has 0 aliphatic rings. The zero-order chi connectivity index (χ0) is 20.5. The first-order chi connectivity index (χ1) is 13.4. The van der Waals surface area contributed by atoms with Crippen molar-refractivity contribution in [3.8, 4) is 17.2 Å². The maximum Gasteiger partial charge on any atom is 0.325 e. The highest BCUT2D eigenvalue weighted by molar-refractivity contribution is 5.96. The van der Waals surface area contributed by atoms with E-state index in [1.165, 1.54) is 14.2 Å². The Morgan fingerprint density at radius 2 is 1.43 bits per heavy atom. The van der Waals surface area contributed by atoms with Gasteiger partial charge in [0, 0.05) is 11.6 Å². The minimum Gasteiger partial charge on any atom is -0.497 e. The number of methoxy groups -OCH3 is 2. The van der Waals surface area contributed by atoms with Crippen LogP contribution >= 0.6 is 0 Å². The molecule has 0 aliphatic carbocycles. The van der Waals surface area contributed by atoms with E-state index in [2.05, 4.69) is 5.32 Å². The van der Waals surface area contributed by atoms with E-state index < -0.39 is 11.9 Å². The summed E-state index contributed by atoms with van der Waals surface area (Å²) in [5, 5.41) is 2.51. The average molecular weight is 387 g/mol. The normalized spacial score (nSPS) is 10.1. The van der Waals surface area contributed by atoms with Crippen molar-refractivity contribution in [2.24, 2.45) is 0 Å². The lowest BCUT2D eigenvalue weighted by Crippen LogP contribution is -2.31. The van der Waals surface area contributed by atoms with Gasteiger partial charge in [0.1, 0.15) is 37.0 Å². The quantitative estimate of drug-likeness (QED) is 0.526. The summed E-state index contributed by atoms with van der Waals surface area (Å²) >= 11 is 0. The van der Waals surface area contributed by atoms with E-state index >= 15 is 0 Å². The molecule has 0 saturated carbocycles. The average Bonchev–Trinajstić information content (AvgIpc) is 2.68. The minimum absolute atomic E-state index is 0.0919. The third-order valence-electron chi connectivity index (χ3n) is 3.82. The second kappa shape index (κ2) is 10.2. The van der Waals surface area contributed by atoms with Crippen LogP contribution in [0.1, 0.15) is 21.5 Å². The van der Waals surface area contributed by atoms with E-state index in [0.717, 1.165) is 16.9 Å². The van der Waals surface area contributed by atoms with Crippen LogP contribution in [0.25, 0.3) is 0 Å². The summed E-state index contributed by atoms with van der Waals surface area (Å²) in [6.07, 6.45) is 0. The van der Waals surface area contributed by atoms with Crippen LogP contribution in [-0.4, -0.2) is 45.9 Å². The first-order valence-corrected chi connectivity index (χ1v) is 8.79. The van der Waals surface area contributed by atoms with Gasteiger partial charge < -0.3 is 24.3 Å². The van der Waals surface area contributed by atoms with Gasteiger partial charge in [0.25, 0.3) is 5.91 Å². The number of benzene rings is 2. The summed E-state index contributed by atoms with van der Waals surface area (Å²) in [5.74, 6) is 0.716. The van der Waals surface area contributed by atoms with Gasteiger partial charge in [-0.15, -0.1) is 0 Å². The van der Waals surface area contributed by atoms with Crippen molar-refractivity contribution < 1.29 is 28.5 Å². The molecule has 2 aromatic carbocycles. The number of ether oxygens (including phenoxy) is 4. The van der Waals surface area contributed by atoms with Gasteiger partial charge in [-0.1, -0.05) is 6.07 Å². The fourth-order valence-corrected chi connectivity index (χ4v) is 2.58. The fraction of sp³-hybridized carbons (Fsp3) is 0.333. The highest BCUT2D eigenvalue weighted by atomic mass is 16.6. The van der Waals surface area contributed by atoms with Gasteiger partial charge in [0.05, 0.1) is 14.2 Å². The second-order valence-electron chi connectivity index (χ2n) is 6.18. The number of hydrogen-bond donors (Lipinski definition) is 1. The fourth-order valence-electron chi connectivity index (χ4n) is 2.58. The predicted octanol–water partition coefficient (Wildman–Crippen LogP) is 2.67. The van der Waals surface area contributed by atoms with Crippen LogP contribution in [-0.2, 0) is 9.53 Å². The molecule has 28 heavy (non-hydrogen) atoms. The van der Waals surface area contributed by atoms with E-state index in [4.69, 9.17) is 18.9 Å². The van der Waals surface area contributed by atoms with E-state index in [-0.39, 0.29) is 19.8 Å². The van der Waals surface area contributed by atoms with Crippen LogP contribution in [0, 0.1) is 13.8 Å². The van der Waals surface area contributed by atoms with Crippen molar-refractivity contribution in [1.29, 1.82) is 0 Å². The van der Waals surface area contributed by atoms with Gasteiger partial charge in [-0.25, -0.2) is 0 Å². The summed E-state index contributed by atoms with van der Waals surface area (Å²) in [7, 11) is 2.99. The van der Waals surface area contributed by atoms with Crippen LogP contribution in [0.5, 0.6) is 17.2 Å². The molecule has 0 spiro atoms. The molecule has 0 aromatic heterocycles. The standard InChI is InChI=1S/C21H25NO6/c1-14-7-15(2)9-19(8-14)27-5-6-28-20(23)13-22-21(24)16-10-17(25-3)12-18(11-16)26-4/h7-12H,5-6,13H2,1-4H3,(H,22,24). The molecule has 0 saturated heterocycles. The molecule has 0 unspecified atom stereocenters. The van der Waals surface area contributed by atoms with Crippen LogP contribution < -0.4 is 19.5 Å². The molecule has 0 atom stereocenters. The van der Waals surface area contributed by atoms with Crippen molar-refractivity contribution >= 4 is 11.9 Å². The molecule has 2 aromatic rings. The van der Waals surface area contributed by atoms with Crippen molar-refractivity contribution in [1.82, 2.24) is 5.32 Å². The van der Waals surface area contributed by atoms with Crippen LogP contribution in [0.4, 0.5) is 0 Å². The summed E-state index contributed by atoms with van der Waals surface area (Å²) in [6.45, 7) is 4.05. The number of amides is 1. The van der Waals surface area contributed by atoms with Gasteiger partial charge in [-0.05, 0) is 49.2 Å². The summed E-state index contributed by atoms with van der Waals surface area (Å²) in [4.78, 5) is 24.0. The highest BCUT2D eigenvalue weighted by Gasteiger charge is 2.12. The first-order valence-electron chi connectivity index (χ1n) is 8.79. The van der Waals surface area contributed by atoms with E-state index in [9.17, 15) is 9.59 Å². The number of aryl methyl sites for hydroxylation is 2. The molecule has 7 nitrogen and oxygen atoms in total. The molecule has 1 amide bonds. The van der Waals surface area contributed by atoms with Crippen molar-refractivity contribution in [2.75, 3.05) is 34.0 Å². The lowest BCUT2D eigenvalue weighted by atomic mass is 10.1. The third-order valence-corrected chi connectivity index (χ3v) is 3.82. The molecule has 0 fully saturated rings. The van der Waals surface area contributed by atoms with Gasteiger partial charge in [-0.2, -0.15) is 0 Å². The Morgan fingerprint density at radius 3 is 2.00 bits per heavy atom. The zero-order valence-electron chi connectivity index (χ0n) is 16.5. The first kappa shape index (κ1) is 21.1. The third kappa shape index (κ3) is 6.50. The summed E-state index contributed by atoms with van der Waals surface area (Å²) < 4.78 is 20.9. The van der Waals surface area contributed by atoms with Crippen molar-refractivity contribution in [2.45, 2.75) is 13.8 Å². The van der Waals surface area contributed by atoms with Gasteiger partial charge in [0.15, 0.2) is 0 Å². The topological polar surface area (TPSA) is 83.1 Å². The Hall–Kier alpha value is -3.22. The Morgan fingerprint density at radius 1 is 0.821 bits per heavy atom. The monoisotopic (exact) mass is 387 g/mol. The Labute approximate surface area is 164 Å². The van der Waals surface area contributed by atoms with Crippen LogP contribution in [0.15, 0.2) is 36.4 Å². The van der Waals surface area contributed by atoms with Crippen LogP contribution in [0.3, 0.4) is 0 Å². The molecule has 2 rings (SSSR count). The van der Waals surface area contributed by atoms with Crippen molar-refractivity contribution in [3.63, 3.8) is 0 Å². The minimum atomic E-state index is -0.549. The molecule has 150 valence electrons. The van der Waals surface area contributed by atoms with E-state index in [0.29, 0.717) is 17.1 Å². The summed E-state index contributed by atoms with van der Waals surface area (Å²) in [6, 6.07) is 10.6. The Balaban J connectivity index is 1.75. The largest absolute Gasteiger partial charge is 0.497 e. The lowest BCUT2D eigenvalue weighted by molar-refractivity contribution is -0.143. The van der Waals surface area contributed by atoms with Gasteiger partial charge in [0.2, 0.25) is 0 Å². The molecule has 0 aliphatic heterocycles. The highest BCUT2D eigenvalue weighted by Crippen LogP contribution is 2.22. The lowest BCUT2D eigenvalue weighted by Gasteiger charge is -2.10. The predicted molar refractivity (Wildman–Crippen MR) is 104 cm³/mol. The van der Waals surface area contributed by atoms with Gasteiger partial charge in [-0.3, -0.25) is 9.59 Å². The molecular formula is C21H25NO6.